The molecule has 2 aliphatic heterocycles. The monoisotopic (exact) mass is 432 g/mol. The Labute approximate surface area is 185 Å². The lowest BCUT2D eigenvalue weighted by Crippen LogP contribution is -2.56. The SMILES string of the molecule is COc1ccc(CN2CCNC(=O)C2CC(=O)N(C)CCN2CCOCC2)c(C)c1C. The normalized spacial score (nSPS) is 20.4. The van der Waals surface area contributed by atoms with Gasteiger partial charge in [-0.15, -0.1) is 0 Å². The first-order valence-electron chi connectivity index (χ1n) is 11.1. The fourth-order valence-corrected chi connectivity index (χ4v) is 4.20. The summed E-state index contributed by atoms with van der Waals surface area (Å²) in [6.45, 7) is 10.9. The third-order valence-electron chi connectivity index (χ3n) is 6.53. The molecule has 2 saturated heterocycles. The van der Waals surface area contributed by atoms with Gasteiger partial charge in [0.2, 0.25) is 11.8 Å². The molecule has 0 aliphatic carbocycles. The number of amides is 2. The summed E-state index contributed by atoms with van der Waals surface area (Å²) in [7, 11) is 3.50. The molecule has 1 atom stereocenters. The highest BCUT2D eigenvalue weighted by molar-refractivity contribution is 5.88. The van der Waals surface area contributed by atoms with Crippen LogP contribution in [0.25, 0.3) is 0 Å². The molecule has 172 valence electrons. The van der Waals surface area contributed by atoms with Crippen LogP contribution in [-0.4, -0.2) is 99.2 Å². The van der Waals surface area contributed by atoms with E-state index >= 15 is 0 Å². The first-order chi connectivity index (χ1) is 14.9. The summed E-state index contributed by atoms with van der Waals surface area (Å²) >= 11 is 0. The van der Waals surface area contributed by atoms with Crippen molar-refractivity contribution in [1.82, 2.24) is 20.0 Å². The predicted molar refractivity (Wildman–Crippen MR) is 119 cm³/mol. The number of piperazine rings is 1. The van der Waals surface area contributed by atoms with E-state index in [1.807, 2.05) is 20.0 Å². The maximum absolute atomic E-state index is 12.9. The fourth-order valence-electron chi connectivity index (χ4n) is 4.20. The number of morpholine rings is 1. The van der Waals surface area contributed by atoms with E-state index in [1.165, 1.54) is 0 Å². The lowest BCUT2D eigenvalue weighted by molar-refractivity contribution is -0.138. The first kappa shape index (κ1) is 23.5. The Morgan fingerprint density at radius 1 is 1.23 bits per heavy atom. The van der Waals surface area contributed by atoms with Crippen molar-refractivity contribution in [2.75, 3.05) is 66.6 Å². The molecule has 2 aliphatic rings. The molecule has 2 heterocycles. The largest absolute Gasteiger partial charge is 0.496 e. The minimum atomic E-state index is -0.450. The molecule has 3 rings (SSSR count). The highest BCUT2D eigenvalue weighted by Gasteiger charge is 2.32. The van der Waals surface area contributed by atoms with E-state index in [-0.39, 0.29) is 18.2 Å². The summed E-state index contributed by atoms with van der Waals surface area (Å²) in [5, 5.41) is 2.93. The van der Waals surface area contributed by atoms with Crippen molar-refractivity contribution < 1.29 is 19.1 Å². The zero-order chi connectivity index (χ0) is 22.4. The molecule has 1 aromatic carbocycles. The Morgan fingerprint density at radius 2 is 1.97 bits per heavy atom. The van der Waals surface area contributed by atoms with Crippen molar-refractivity contribution in [3.05, 3.63) is 28.8 Å². The van der Waals surface area contributed by atoms with Gasteiger partial charge in [-0.25, -0.2) is 0 Å². The number of hydrogen-bond acceptors (Lipinski definition) is 6. The van der Waals surface area contributed by atoms with Crippen LogP contribution in [0, 0.1) is 13.8 Å². The predicted octanol–water partition coefficient (Wildman–Crippen LogP) is 0.793. The van der Waals surface area contributed by atoms with Gasteiger partial charge in [-0.3, -0.25) is 19.4 Å². The maximum Gasteiger partial charge on any atom is 0.237 e. The average molecular weight is 433 g/mol. The summed E-state index contributed by atoms with van der Waals surface area (Å²) in [5.41, 5.74) is 3.43. The van der Waals surface area contributed by atoms with Gasteiger partial charge in [0.05, 0.1) is 32.8 Å². The lowest BCUT2D eigenvalue weighted by Gasteiger charge is -2.36. The minimum absolute atomic E-state index is 0.00272. The number of ether oxygens (including phenoxy) is 2. The van der Waals surface area contributed by atoms with Crippen molar-refractivity contribution in [2.24, 2.45) is 0 Å². The van der Waals surface area contributed by atoms with E-state index in [9.17, 15) is 9.59 Å². The standard InChI is InChI=1S/C23H36N4O4/c1-17-18(2)21(30-4)6-5-19(17)16-27-8-7-24-23(29)20(27)15-22(28)25(3)9-10-26-11-13-31-14-12-26/h5-6,20H,7-16H2,1-4H3,(H,24,29). The summed E-state index contributed by atoms with van der Waals surface area (Å²) in [5.74, 6) is 0.804. The lowest BCUT2D eigenvalue weighted by atomic mass is 10.00. The molecule has 8 nitrogen and oxygen atoms in total. The number of methoxy groups -OCH3 is 1. The molecule has 0 aromatic heterocycles. The van der Waals surface area contributed by atoms with Crippen LogP contribution in [0.2, 0.25) is 0 Å². The van der Waals surface area contributed by atoms with Crippen LogP contribution in [0.5, 0.6) is 5.75 Å². The molecule has 0 spiro atoms. The van der Waals surface area contributed by atoms with E-state index in [1.54, 1.807) is 12.0 Å². The Morgan fingerprint density at radius 3 is 2.68 bits per heavy atom. The number of carbonyl (C=O) groups is 2. The van der Waals surface area contributed by atoms with E-state index in [0.717, 1.165) is 61.8 Å². The molecule has 1 unspecified atom stereocenters. The van der Waals surface area contributed by atoms with Crippen molar-refractivity contribution in [1.29, 1.82) is 0 Å². The number of nitrogens with zero attached hydrogens (tertiary/aromatic N) is 3. The number of benzene rings is 1. The van der Waals surface area contributed by atoms with Crippen LogP contribution < -0.4 is 10.1 Å². The van der Waals surface area contributed by atoms with Gasteiger partial charge in [0, 0.05) is 52.9 Å². The third kappa shape index (κ3) is 5.96. The molecule has 0 saturated carbocycles. The topological polar surface area (TPSA) is 74.4 Å². The maximum atomic E-state index is 12.9. The molecule has 2 amide bonds. The van der Waals surface area contributed by atoms with Gasteiger partial charge in [0.25, 0.3) is 0 Å². The smallest absolute Gasteiger partial charge is 0.237 e. The van der Waals surface area contributed by atoms with Gasteiger partial charge in [0.15, 0.2) is 0 Å². The van der Waals surface area contributed by atoms with E-state index in [2.05, 4.69) is 28.1 Å². The average Bonchev–Trinajstić information content (AvgIpc) is 2.78. The van der Waals surface area contributed by atoms with Crippen LogP contribution in [0.15, 0.2) is 12.1 Å². The van der Waals surface area contributed by atoms with Gasteiger partial charge in [0.1, 0.15) is 5.75 Å². The molecule has 2 fully saturated rings. The van der Waals surface area contributed by atoms with Crippen LogP contribution in [0.1, 0.15) is 23.1 Å². The summed E-state index contributed by atoms with van der Waals surface area (Å²) in [6, 6.07) is 3.58. The number of likely N-dealkylation sites (N-methyl/N-ethyl adjacent to an activating group) is 1. The van der Waals surface area contributed by atoms with Crippen molar-refractivity contribution in [2.45, 2.75) is 32.9 Å². The highest BCUT2D eigenvalue weighted by Crippen LogP contribution is 2.26. The van der Waals surface area contributed by atoms with E-state index in [0.29, 0.717) is 19.6 Å². The van der Waals surface area contributed by atoms with Crippen molar-refractivity contribution in [3.63, 3.8) is 0 Å². The van der Waals surface area contributed by atoms with Crippen LogP contribution in [0.3, 0.4) is 0 Å². The van der Waals surface area contributed by atoms with Gasteiger partial charge < -0.3 is 19.7 Å². The molecule has 1 aromatic rings. The number of rotatable bonds is 8. The molecular formula is C23H36N4O4. The minimum Gasteiger partial charge on any atom is -0.496 e. The Hall–Kier alpha value is -2.16. The molecule has 0 bridgehead atoms. The van der Waals surface area contributed by atoms with E-state index in [4.69, 9.17) is 9.47 Å². The second kappa shape index (κ2) is 10.9. The number of nitrogens with one attached hydrogen (secondary N) is 1. The van der Waals surface area contributed by atoms with Crippen molar-refractivity contribution in [3.8, 4) is 5.75 Å². The van der Waals surface area contributed by atoms with Crippen LogP contribution >= 0.6 is 0 Å². The Kier molecular flexibility index (Phi) is 8.28. The summed E-state index contributed by atoms with van der Waals surface area (Å²) in [6.07, 6.45) is 0.194. The molecule has 8 heteroatoms. The fraction of sp³-hybridized carbons (Fsp3) is 0.652. The molecule has 31 heavy (non-hydrogen) atoms. The van der Waals surface area contributed by atoms with Gasteiger partial charge in [-0.2, -0.15) is 0 Å². The van der Waals surface area contributed by atoms with Crippen molar-refractivity contribution >= 4 is 11.8 Å². The zero-order valence-corrected chi connectivity index (χ0v) is 19.3. The van der Waals surface area contributed by atoms with Gasteiger partial charge in [-0.05, 0) is 36.6 Å². The summed E-state index contributed by atoms with van der Waals surface area (Å²) in [4.78, 5) is 31.7. The first-order valence-corrected chi connectivity index (χ1v) is 11.1. The second-order valence-corrected chi connectivity index (χ2v) is 8.43. The highest BCUT2D eigenvalue weighted by atomic mass is 16.5. The number of hydrogen-bond donors (Lipinski definition) is 1. The molecular weight excluding hydrogens is 396 g/mol. The van der Waals surface area contributed by atoms with Crippen LogP contribution in [-0.2, 0) is 20.9 Å². The summed E-state index contributed by atoms with van der Waals surface area (Å²) < 4.78 is 10.8. The molecule has 0 radical (unpaired) electrons. The number of carbonyl (C=O) groups excluding carboxylic acids is 2. The third-order valence-corrected chi connectivity index (χ3v) is 6.53. The second-order valence-electron chi connectivity index (χ2n) is 8.43. The van der Waals surface area contributed by atoms with Gasteiger partial charge >= 0.3 is 0 Å². The van der Waals surface area contributed by atoms with E-state index < -0.39 is 6.04 Å². The quantitative estimate of drug-likeness (QED) is 0.655. The molecule has 1 N–H and O–H groups in total. The van der Waals surface area contributed by atoms with Crippen LogP contribution in [0.4, 0.5) is 0 Å². The Balaban J connectivity index is 1.61. The zero-order valence-electron chi connectivity index (χ0n) is 19.3. The van der Waals surface area contributed by atoms with Gasteiger partial charge in [-0.1, -0.05) is 6.07 Å². The Bertz CT molecular complexity index is 779.